The summed E-state index contributed by atoms with van der Waals surface area (Å²) in [7, 11) is 1.66. The molecular weight excluding hydrogens is 302 g/mol. The van der Waals surface area contributed by atoms with Gasteiger partial charge in [0, 0.05) is 0 Å². The number of benzene rings is 2. The first-order valence-electron chi connectivity index (χ1n) is 7.88. The molecule has 3 atom stereocenters. The predicted molar refractivity (Wildman–Crippen MR) is 91.9 cm³/mol. The summed E-state index contributed by atoms with van der Waals surface area (Å²) in [5.41, 5.74) is 8.87. The van der Waals surface area contributed by atoms with E-state index in [0.29, 0.717) is 0 Å². The van der Waals surface area contributed by atoms with Gasteiger partial charge in [0.05, 0.1) is 25.2 Å². The molecule has 0 aliphatic carbocycles. The van der Waals surface area contributed by atoms with Crippen molar-refractivity contribution >= 4 is 5.95 Å². The van der Waals surface area contributed by atoms with Gasteiger partial charge in [0.15, 0.2) is 0 Å². The molecule has 0 fully saturated rings. The summed E-state index contributed by atoms with van der Waals surface area (Å²) in [4.78, 5) is 4.34. The Morgan fingerprint density at radius 3 is 2.50 bits per heavy atom. The molecule has 2 heterocycles. The fraction of sp³-hybridized carbons (Fsp3) is 0.222. The number of fused-ring (bicyclic) bond motifs is 1. The van der Waals surface area contributed by atoms with Crippen LogP contribution in [0.2, 0.25) is 0 Å². The molecule has 24 heavy (non-hydrogen) atoms. The van der Waals surface area contributed by atoms with E-state index in [4.69, 9.17) is 10.5 Å². The van der Waals surface area contributed by atoms with E-state index in [9.17, 15) is 0 Å². The Bertz CT molecular complexity index is 815. The molecule has 1 aliphatic heterocycles. The quantitative estimate of drug-likeness (QED) is 0.774. The van der Waals surface area contributed by atoms with Crippen molar-refractivity contribution in [3.63, 3.8) is 0 Å². The zero-order chi connectivity index (χ0) is 16.5. The van der Waals surface area contributed by atoms with Crippen molar-refractivity contribution in [2.45, 2.75) is 18.1 Å². The summed E-state index contributed by atoms with van der Waals surface area (Å²) in [6.45, 7) is 0. The number of aromatic nitrogens is 3. The lowest BCUT2D eigenvalue weighted by atomic mass is 9.89. The fourth-order valence-electron chi connectivity index (χ4n) is 3.27. The van der Waals surface area contributed by atoms with Gasteiger partial charge in [0.2, 0.25) is 5.95 Å². The average molecular weight is 321 g/mol. The maximum Gasteiger partial charge on any atom is 0.222 e. The van der Waals surface area contributed by atoms with Crippen LogP contribution in [-0.4, -0.2) is 27.9 Å². The number of nitrogens with two attached hydrogens (primary N) is 1. The van der Waals surface area contributed by atoms with Crippen molar-refractivity contribution in [1.29, 1.82) is 0 Å². The molecular formula is C18H19N5O. The minimum absolute atomic E-state index is 0.0324. The summed E-state index contributed by atoms with van der Waals surface area (Å²) in [6.07, 6.45) is 1.55. The Morgan fingerprint density at radius 2 is 1.79 bits per heavy atom. The van der Waals surface area contributed by atoms with Crippen LogP contribution in [0.1, 0.15) is 23.2 Å². The van der Waals surface area contributed by atoms with Crippen LogP contribution in [0.25, 0.3) is 0 Å². The smallest absolute Gasteiger partial charge is 0.222 e. The molecule has 0 saturated carbocycles. The van der Waals surface area contributed by atoms with E-state index in [-0.39, 0.29) is 18.1 Å². The van der Waals surface area contributed by atoms with Gasteiger partial charge in [-0.25, -0.2) is 4.68 Å². The lowest BCUT2D eigenvalue weighted by Crippen LogP contribution is -2.46. The summed E-state index contributed by atoms with van der Waals surface area (Å²) >= 11 is 0. The van der Waals surface area contributed by atoms with Gasteiger partial charge >= 0.3 is 0 Å². The molecule has 0 unspecified atom stereocenters. The summed E-state index contributed by atoms with van der Waals surface area (Å²) in [5, 5.41) is 7.77. The normalized spacial score (nSPS) is 22.5. The molecule has 0 spiro atoms. The third-order valence-electron chi connectivity index (χ3n) is 4.49. The fourth-order valence-corrected chi connectivity index (χ4v) is 3.27. The SMILES string of the molecule is COc1ccc([C@@H]2[C@H](N)[C@H](c3ccccc3)Nc3ncnn32)cc1. The minimum atomic E-state index is -0.185. The van der Waals surface area contributed by atoms with Crippen LogP contribution in [0.3, 0.4) is 0 Å². The van der Waals surface area contributed by atoms with Crippen molar-refractivity contribution in [3.8, 4) is 5.75 Å². The number of anilines is 1. The molecule has 3 aromatic rings. The molecule has 3 N–H and O–H groups in total. The highest BCUT2D eigenvalue weighted by Gasteiger charge is 2.37. The number of nitrogens with one attached hydrogen (secondary N) is 1. The Kier molecular flexibility index (Phi) is 3.66. The summed E-state index contributed by atoms with van der Waals surface area (Å²) in [5.74, 6) is 1.55. The van der Waals surface area contributed by atoms with Crippen LogP contribution < -0.4 is 15.8 Å². The van der Waals surface area contributed by atoms with E-state index in [1.54, 1.807) is 13.4 Å². The van der Waals surface area contributed by atoms with Crippen LogP contribution in [0.15, 0.2) is 60.9 Å². The molecule has 2 aromatic carbocycles. The van der Waals surface area contributed by atoms with Crippen LogP contribution in [0.4, 0.5) is 5.95 Å². The molecule has 0 bridgehead atoms. The highest BCUT2D eigenvalue weighted by molar-refractivity contribution is 5.41. The van der Waals surface area contributed by atoms with Crippen LogP contribution in [-0.2, 0) is 0 Å². The van der Waals surface area contributed by atoms with Gasteiger partial charge in [-0.05, 0) is 23.3 Å². The maximum atomic E-state index is 6.65. The monoisotopic (exact) mass is 321 g/mol. The van der Waals surface area contributed by atoms with Gasteiger partial charge in [-0.15, -0.1) is 0 Å². The van der Waals surface area contributed by atoms with E-state index in [2.05, 4.69) is 27.5 Å². The van der Waals surface area contributed by atoms with Crippen LogP contribution >= 0.6 is 0 Å². The molecule has 0 amide bonds. The number of ether oxygens (including phenoxy) is 1. The highest BCUT2D eigenvalue weighted by Crippen LogP contribution is 2.36. The lowest BCUT2D eigenvalue weighted by Gasteiger charge is -2.37. The van der Waals surface area contributed by atoms with Crippen molar-refractivity contribution in [3.05, 3.63) is 72.1 Å². The lowest BCUT2D eigenvalue weighted by molar-refractivity contribution is 0.370. The molecule has 6 nitrogen and oxygen atoms in total. The van der Waals surface area contributed by atoms with Crippen molar-refractivity contribution < 1.29 is 4.74 Å². The molecule has 6 heteroatoms. The zero-order valence-corrected chi connectivity index (χ0v) is 13.3. The van der Waals surface area contributed by atoms with Gasteiger partial charge in [0.25, 0.3) is 0 Å². The van der Waals surface area contributed by atoms with Gasteiger partial charge in [0.1, 0.15) is 12.1 Å². The third-order valence-corrected chi connectivity index (χ3v) is 4.49. The Morgan fingerprint density at radius 1 is 1.04 bits per heavy atom. The van der Waals surface area contributed by atoms with Crippen LogP contribution in [0, 0.1) is 0 Å². The van der Waals surface area contributed by atoms with Gasteiger partial charge < -0.3 is 15.8 Å². The van der Waals surface area contributed by atoms with Crippen LogP contribution in [0.5, 0.6) is 5.75 Å². The second-order valence-electron chi connectivity index (χ2n) is 5.86. The van der Waals surface area contributed by atoms with E-state index >= 15 is 0 Å². The van der Waals surface area contributed by atoms with Crippen molar-refractivity contribution in [2.24, 2.45) is 5.73 Å². The summed E-state index contributed by atoms with van der Waals surface area (Å²) < 4.78 is 7.10. The van der Waals surface area contributed by atoms with Gasteiger partial charge in [-0.2, -0.15) is 10.1 Å². The van der Waals surface area contributed by atoms with E-state index in [1.165, 1.54) is 0 Å². The topological polar surface area (TPSA) is 78.0 Å². The first kappa shape index (κ1) is 14.7. The first-order chi connectivity index (χ1) is 11.8. The molecule has 122 valence electrons. The average Bonchev–Trinajstić information content (AvgIpc) is 3.10. The molecule has 1 aromatic heterocycles. The van der Waals surface area contributed by atoms with E-state index in [1.807, 2.05) is 47.1 Å². The number of hydrogen-bond acceptors (Lipinski definition) is 5. The number of hydrogen-bond donors (Lipinski definition) is 2. The Balaban J connectivity index is 1.77. The minimum Gasteiger partial charge on any atom is -0.497 e. The van der Waals surface area contributed by atoms with Crippen molar-refractivity contribution in [2.75, 3.05) is 12.4 Å². The third kappa shape index (κ3) is 2.41. The largest absolute Gasteiger partial charge is 0.497 e. The predicted octanol–water partition coefficient (Wildman–Crippen LogP) is 2.37. The first-order valence-corrected chi connectivity index (χ1v) is 7.88. The highest BCUT2D eigenvalue weighted by atomic mass is 16.5. The standard InChI is InChI=1S/C18H19N5O/c1-24-14-9-7-13(8-10-14)17-15(19)16(12-5-3-2-4-6-12)22-18-20-11-21-23(17)18/h2-11,15-17H,19H2,1H3,(H,20,21,22)/t15-,16+,17-/m1/s1. The Hall–Kier alpha value is -2.86. The molecule has 4 rings (SSSR count). The second-order valence-corrected chi connectivity index (χ2v) is 5.86. The zero-order valence-electron chi connectivity index (χ0n) is 13.3. The van der Waals surface area contributed by atoms with Gasteiger partial charge in [-0.1, -0.05) is 42.5 Å². The van der Waals surface area contributed by atoms with Crippen molar-refractivity contribution in [1.82, 2.24) is 14.8 Å². The molecule has 0 radical (unpaired) electrons. The van der Waals surface area contributed by atoms with E-state index < -0.39 is 0 Å². The molecule has 0 saturated heterocycles. The molecule has 1 aliphatic rings. The van der Waals surface area contributed by atoms with Gasteiger partial charge in [-0.3, -0.25) is 0 Å². The number of rotatable bonds is 3. The maximum absolute atomic E-state index is 6.65. The Labute approximate surface area is 140 Å². The number of nitrogens with zero attached hydrogens (tertiary/aromatic N) is 3. The second kappa shape index (κ2) is 5.98. The number of methoxy groups -OCH3 is 1. The summed E-state index contributed by atoms with van der Waals surface area (Å²) in [6, 6.07) is 17.8. The van der Waals surface area contributed by atoms with E-state index in [0.717, 1.165) is 22.8 Å².